The van der Waals surface area contributed by atoms with Crippen molar-refractivity contribution in [2.24, 2.45) is 5.92 Å². The van der Waals surface area contributed by atoms with Crippen LogP contribution in [0.5, 0.6) is 0 Å². The average Bonchev–Trinajstić information content (AvgIpc) is 2.97. The number of amides is 1. The van der Waals surface area contributed by atoms with E-state index in [1.54, 1.807) is 17.4 Å². The first-order valence-electron chi connectivity index (χ1n) is 7.40. The van der Waals surface area contributed by atoms with Gasteiger partial charge in [-0.3, -0.25) is 4.79 Å². The lowest BCUT2D eigenvalue weighted by Crippen LogP contribution is -2.54. The van der Waals surface area contributed by atoms with Gasteiger partial charge in [0.15, 0.2) is 0 Å². The Kier molecular flexibility index (Phi) is 3.94. The van der Waals surface area contributed by atoms with Crippen LogP contribution in [-0.2, 0) is 4.79 Å². The van der Waals surface area contributed by atoms with Gasteiger partial charge in [-0.2, -0.15) is 0 Å². The topological polar surface area (TPSA) is 40.5 Å². The smallest absolute Gasteiger partial charge is 0.246 e. The number of thiophene rings is 1. The van der Waals surface area contributed by atoms with Crippen molar-refractivity contribution in [3.8, 4) is 0 Å². The number of hydrogen-bond donors (Lipinski definition) is 1. The molecular formula is C16H21NO2S. The number of fused-ring (bicyclic) bond motifs is 1. The Hall–Kier alpha value is -1.13. The van der Waals surface area contributed by atoms with Crippen molar-refractivity contribution in [3.63, 3.8) is 0 Å². The molecule has 2 aliphatic rings. The Balaban J connectivity index is 1.62. The largest absolute Gasteiger partial charge is 0.389 e. The minimum absolute atomic E-state index is 0.0750. The molecule has 108 valence electrons. The Labute approximate surface area is 123 Å². The fourth-order valence-electron chi connectivity index (χ4n) is 3.42. The number of aliphatic hydroxyl groups is 1. The SMILES string of the molecule is O=C(C=Cc1cccs1)N1CCC2(O)CCCCC2C1. The molecule has 4 heteroatoms. The number of carbonyl (C=O) groups is 1. The summed E-state index contributed by atoms with van der Waals surface area (Å²) in [6, 6.07) is 3.99. The van der Waals surface area contributed by atoms with Crippen LogP contribution in [0.2, 0.25) is 0 Å². The molecule has 0 aromatic carbocycles. The third kappa shape index (κ3) is 2.81. The molecule has 1 aromatic rings. The molecule has 1 aliphatic heterocycles. The van der Waals surface area contributed by atoms with Crippen LogP contribution in [0.15, 0.2) is 23.6 Å². The van der Waals surface area contributed by atoms with Crippen molar-refractivity contribution in [1.82, 2.24) is 4.90 Å². The van der Waals surface area contributed by atoms with E-state index in [4.69, 9.17) is 0 Å². The van der Waals surface area contributed by atoms with E-state index in [1.807, 2.05) is 28.5 Å². The fraction of sp³-hybridized carbons (Fsp3) is 0.562. The summed E-state index contributed by atoms with van der Waals surface area (Å²) in [6.07, 6.45) is 8.54. The molecule has 1 aromatic heterocycles. The number of piperidine rings is 1. The summed E-state index contributed by atoms with van der Waals surface area (Å²) in [5.74, 6) is 0.343. The molecule has 2 heterocycles. The minimum atomic E-state index is -0.507. The molecule has 1 saturated carbocycles. The van der Waals surface area contributed by atoms with Crippen molar-refractivity contribution in [2.45, 2.75) is 37.7 Å². The molecule has 2 fully saturated rings. The van der Waals surface area contributed by atoms with Gasteiger partial charge in [0, 0.05) is 30.0 Å². The summed E-state index contributed by atoms with van der Waals surface area (Å²) < 4.78 is 0. The maximum Gasteiger partial charge on any atom is 0.246 e. The molecule has 1 N–H and O–H groups in total. The molecule has 2 atom stereocenters. The third-order valence-corrected chi connectivity index (χ3v) is 5.51. The highest BCUT2D eigenvalue weighted by Gasteiger charge is 2.43. The van der Waals surface area contributed by atoms with Crippen molar-refractivity contribution in [3.05, 3.63) is 28.5 Å². The van der Waals surface area contributed by atoms with Crippen molar-refractivity contribution in [1.29, 1.82) is 0 Å². The molecule has 1 amide bonds. The maximum atomic E-state index is 12.2. The van der Waals surface area contributed by atoms with Crippen LogP contribution in [-0.4, -0.2) is 34.6 Å². The molecule has 0 bridgehead atoms. The molecular weight excluding hydrogens is 270 g/mol. The van der Waals surface area contributed by atoms with Gasteiger partial charge in [-0.05, 0) is 36.8 Å². The Morgan fingerprint density at radius 1 is 1.45 bits per heavy atom. The Morgan fingerprint density at radius 2 is 2.35 bits per heavy atom. The first kappa shape index (κ1) is 13.8. The second-order valence-electron chi connectivity index (χ2n) is 5.93. The second kappa shape index (κ2) is 5.70. The van der Waals surface area contributed by atoms with E-state index in [-0.39, 0.29) is 11.8 Å². The average molecular weight is 291 g/mol. The standard InChI is InChI=1S/C16H21NO2S/c18-15(7-6-14-5-3-11-20-14)17-10-9-16(19)8-2-1-4-13(16)12-17/h3,5-7,11,13,19H,1-2,4,8-10,12H2. The van der Waals surface area contributed by atoms with Crippen molar-refractivity contribution < 1.29 is 9.90 Å². The lowest BCUT2D eigenvalue weighted by atomic mass is 9.71. The van der Waals surface area contributed by atoms with E-state index < -0.39 is 5.60 Å². The third-order valence-electron chi connectivity index (χ3n) is 4.67. The van der Waals surface area contributed by atoms with E-state index in [2.05, 4.69) is 0 Å². The van der Waals surface area contributed by atoms with E-state index in [0.29, 0.717) is 13.1 Å². The number of hydrogen-bond acceptors (Lipinski definition) is 3. The quantitative estimate of drug-likeness (QED) is 0.851. The van der Waals surface area contributed by atoms with Crippen LogP contribution >= 0.6 is 11.3 Å². The molecule has 0 spiro atoms. The number of likely N-dealkylation sites (tertiary alicyclic amines) is 1. The van der Waals surface area contributed by atoms with Crippen LogP contribution in [0.25, 0.3) is 6.08 Å². The van der Waals surface area contributed by atoms with Gasteiger partial charge in [-0.15, -0.1) is 11.3 Å². The lowest BCUT2D eigenvalue weighted by Gasteiger charge is -2.47. The van der Waals surface area contributed by atoms with E-state index in [1.165, 1.54) is 6.42 Å². The lowest BCUT2D eigenvalue weighted by molar-refractivity contribution is -0.138. The van der Waals surface area contributed by atoms with Crippen molar-refractivity contribution in [2.75, 3.05) is 13.1 Å². The predicted molar refractivity (Wildman–Crippen MR) is 81.5 cm³/mol. The highest BCUT2D eigenvalue weighted by atomic mass is 32.1. The predicted octanol–water partition coefficient (Wildman–Crippen LogP) is 2.91. The van der Waals surface area contributed by atoms with Gasteiger partial charge in [0.25, 0.3) is 0 Å². The van der Waals surface area contributed by atoms with Crippen LogP contribution < -0.4 is 0 Å². The summed E-state index contributed by atoms with van der Waals surface area (Å²) in [7, 11) is 0. The number of carbonyl (C=O) groups excluding carboxylic acids is 1. The van der Waals surface area contributed by atoms with E-state index in [9.17, 15) is 9.90 Å². The summed E-state index contributed by atoms with van der Waals surface area (Å²) in [6.45, 7) is 1.39. The summed E-state index contributed by atoms with van der Waals surface area (Å²) in [5.41, 5.74) is -0.507. The monoisotopic (exact) mass is 291 g/mol. The summed E-state index contributed by atoms with van der Waals surface area (Å²) in [4.78, 5) is 15.2. The first-order chi connectivity index (χ1) is 9.67. The minimum Gasteiger partial charge on any atom is -0.389 e. The molecule has 2 unspecified atom stereocenters. The van der Waals surface area contributed by atoms with Crippen molar-refractivity contribution >= 4 is 23.3 Å². The summed E-state index contributed by atoms with van der Waals surface area (Å²) in [5, 5.41) is 12.6. The Morgan fingerprint density at radius 3 is 3.15 bits per heavy atom. The molecule has 1 saturated heterocycles. The molecule has 3 nitrogen and oxygen atoms in total. The van der Waals surface area contributed by atoms with Gasteiger partial charge >= 0.3 is 0 Å². The zero-order valence-corrected chi connectivity index (χ0v) is 12.4. The van der Waals surface area contributed by atoms with Gasteiger partial charge in [-0.25, -0.2) is 0 Å². The van der Waals surface area contributed by atoms with Gasteiger partial charge in [0.1, 0.15) is 0 Å². The zero-order valence-electron chi connectivity index (χ0n) is 11.6. The van der Waals surface area contributed by atoms with Gasteiger partial charge < -0.3 is 10.0 Å². The van der Waals surface area contributed by atoms with E-state index >= 15 is 0 Å². The second-order valence-corrected chi connectivity index (χ2v) is 6.91. The molecule has 1 aliphatic carbocycles. The molecule has 3 rings (SSSR count). The highest BCUT2D eigenvalue weighted by Crippen LogP contribution is 2.39. The number of nitrogens with zero attached hydrogens (tertiary/aromatic N) is 1. The van der Waals surface area contributed by atoms with Gasteiger partial charge in [0.05, 0.1) is 5.60 Å². The highest BCUT2D eigenvalue weighted by molar-refractivity contribution is 7.10. The maximum absolute atomic E-state index is 12.2. The van der Waals surface area contributed by atoms with Crippen LogP contribution in [0.4, 0.5) is 0 Å². The molecule has 20 heavy (non-hydrogen) atoms. The Bertz CT molecular complexity index is 497. The summed E-state index contributed by atoms with van der Waals surface area (Å²) >= 11 is 1.63. The van der Waals surface area contributed by atoms with Crippen LogP contribution in [0.1, 0.15) is 37.0 Å². The van der Waals surface area contributed by atoms with E-state index in [0.717, 1.165) is 30.6 Å². The fourth-order valence-corrected chi connectivity index (χ4v) is 4.03. The normalized spacial score (nSPS) is 30.4. The first-order valence-corrected chi connectivity index (χ1v) is 8.28. The van der Waals surface area contributed by atoms with Gasteiger partial charge in [-0.1, -0.05) is 18.9 Å². The number of rotatable bonds is 2. The van der Waals surface area contributed by atoms with Crippen LogP contribution in [0, 0.1) is 5.92 Å². The molecule has 0 radical (unpaired) electrons. The van der Waals surface area contributed by atoms with Crippen LogP contribution in [0.3, 0.4) is 0 Å². The van der Waals surface area contributed by atoms with Gasteiger partial charge in [0.2, 0.25) is 5.91 Å². The zero-order chi connectivity index (χ0) is 14.0.